The van der Waals surface area contributed by atoms with Gasteiger partial charge in [0.05, 0.1) is 5.69 Å². The van der Waals surface area contributed by atoms with Crippen molar-refractivity contribution in [3.05, 3.63) is 18.0 Å². The van der Waals surface area contributed by atoms with E-state index in [0.717, 1.165) is 41.2 Å². The molecule has 2 aromatic rings. The van der Waals surface area contributed by atoms with Gasteiger partial charge in [-0.05, 0) is 63.9 Å². The van der Waals surface area contributed by atoms with Gasteiger partial charge in [0, 0.05) is 67.8 Å². The summed E-state index contributed by atoms with van der Waals surface area (Å²) in [6.45, 7) is 5.03. The van der Waals surface area contributed by atoms with Gasteiger partial charge in [0.25, 0.3) is 0 Å². The van der Waals surface area contributed by atoms with Crippen molar-refractivity contribution in [3.8, 4) is 0 Å². The van der Waals surface area contributed by atoms with Crippen molar-refractivity contribution in [3.63, 3.8) is 0 Å². The van der Waals surface area contributed by atoms with Gasteiger partial charge < -0.3 is 9.88 Å². The Bertz CT molecular complexity index is 1110. The van der Waals surface area contributed by atoms with Crippen LogP contribution in [0.5, 0.6) is 0 Å². The van der Waals surface area contributed by atoms with E-state index in [9.17, 15) is 4.79 Å². The number of ketones is 1. The topological polar surface area (TPSA) is 66.3 Å². The molecule has 0 bridgehead atoms. The number of hydrogen-bond acceptors (Lipinski definition) is 6. The summed E-state index contributed by atoms with van der Waals surface area (Å²) in [6.07, 6.45) is 20.4. The van der Waals surface area contributed by atoms with Gasteiger partial charge in [0.2, 0.25) is 5.95 Å². The van der Waals surface area contributed by atoms with Crippen LogP contribution in [0.1, 0.15) is 107 Å². The van der Waals surface area contributed by atoms with Gasteiger partial charge >= 0.3 is 0 Å². The molecule has 1 N–H and O–H groups in total. The molecular formula is C30H44N6O. The predicted octanol–water partition coefficient (Wildman–Crippen LogP) is 5.35. The van der Waals surface area contributed by atoms with E-state index in [1.807, 2.05) is 6.20 Å². The molecule has 1 saturated heterocycles. The Kier molecular flexibility index (Phi) is 6.48. The quantitative estimate of drug-likeness (QED) is 0.605. The number of nitrogens with zero attached hydrogens (tertiary/aromatic N) is 5. The number of rotatable bonds is 4. The second kappa shape index (κ2) is 9.96. The first kappa shape index (κ1) is 24.1. The van der Waals surface area contributed by atoms with Crippen LogP contribution in [0.25, 0.3) is 11.0 Å². The highest BCUT2D eigenvalue weighted by Gasteiger charge is 2.41. The van der Waals surface area contributed by atoms with Crippen LogP contribution in [0, 0.1) is 0 Å². The van der Waals surface area contributed by atoms with Crippen LogP contribution in [0.15, 0.2) is 12.3 Å². The average molecular weight is 505 g/mol. The Morgan fingerprint density at radius 1 is 0.811 bits per heavy atom. The van der Waals surface area contributed by atoms with Gasteiger partial charge in [-0.25, -0.2) is 4.98 Å². The standard InChI is InChI=1S/C30H44N6O/c37-27-12-15-30(13-4-1-5-14-30)36-26(27)20-22-21-31-29(33-28(22)36)32-23-8-10-25(11-9-23)35-18-16-34(17-19-35)24-6-2-3-7-24/h20-21,23-25H,1-19H2,(H,31,32,33). The van der Waals surface area contributed by atoms with Crippen LogP contribution in [0.2, 0.25) is 0 Å². The highest BCUT2D eigenvalue weighted by Crippen LogP contribution is 2.45. The fourth-order valence-corrected chi connectivity index (χ4v) is 8.52. The molecule has 2 aliphatic heterocycles. The first-order valence-corrected chi connectivity index (χ1v) is 15.4. The maximum Gasteiger partial charge on any atom is 0.224 e. The maximum atomic E-state index is 12.8. The summed E-state index contributed by atoms with van der Waals surface area (Å²) in [5, 5.41) is 4.71. The number of piperazine rings is 1. The molecule has 2 aromatic heterocycles. The first-order chi connectivity index (χ1) is 18.2. The van der Waals surface area contributed by atoms with Crippen molar-refractivity contribution in [2.75, 3.05) is 31.5 Å². The minimum atomic E-state index is 0.0781. The zero-order valence-corrected chi connectivity index (χ0v) is 22.5. The van der Waals surface area contributed by atoms with Crippen LogP contribution in [0.4, 0.5) is 5.95 Å². The molecule has 7 rings (SSSR count). The molecule has 3 aliphatic carbocycles. The van der Waals surface area contributed by atoms with Crippen LogP contribution in [-0.2, 0) is 5.54 Å². The number of carbonyl (C=O) groups is 1. The molecule has 3 saturated carbocycles. The first-order valence-electron chi connectivity index (χ1n) is 15.4. The molecule has 0 aromatic carbocycles. The molecule has 0 atom stereocenters. The Morgan fingerprint density at radius 3 is 2.19 bits per heavy atom. The zero-order valence-electron chi connectivity index (χ0n) is 22.5. The minimum Gasteiger partial charge on any atom is -0.351 e. The lowest BCUT2D eigenvalue weighted by Gasteiger charge is -2.43. The van der Waals surface area contributed by atoms with E-state index in [1.54, 1.807) is 0 Å². The van der Waals surface area contributed by atoms with Crippen molar-refractivity contribution >= 4 is 22.8 Å². The van der Waals surface area contributed by atoms with E-state index in [-0.39, 0.29) is 11.3 Å². The number of nitrogens with one attached hydrogen (secondary N) is 1. The van der Waals surface area contributed by atoms with E-state index in [4.69, 9.17) is 9.97 Å². The lowest BCUT2D eigenvalue weighted by Crippen LogP contribution is -2.53. The van der Waals surface area contributed by atoms with Crippen LogP contribution in [-0.4, -0.2) is 74.4 Å². The van der Waals surface area contributed by atoms with Crippen molar-refractivity contribution < 1.29 is 4.79 Å². The third-order valence-corrected chi connectivity index (χ3v) is 10.6. The molecule has 200 valence electrons. The summed E-state index contributed by atoms with van der Waals surface area (Å²) in [4.78, 5) is 28.1. The van der Waals surface area contributed by atoms with E-state index in [1.165, 1.54) is 110 Å². The van der Waals surface area contributed by atoms with Crippen molar-refractivity contribution in [2.24, 2.45) is 0 Å². The molecule has 1 spiro atoms. The van der Waals surface area contributed by atoms with Crippen molar-refractivity contribution in [1.82, 2.24) is 24.3 Å². The third-order valence-electron chi connectivity index (χ3n) is 10.6. The van der Waals surface area contributed by atoms with E-state index in [2.05, 4.69) is 25.8 Å². The Balaban J connectivity index is 1.00. The van der Waals surface area contributed by atoms with E-state index in [0.29, 0.717) is 12.5 Å². The molecule has 4 fully saturated rings. The Hall–Kier alpha value is -1.99. The average Bonchev–Trinajstić information content (AvgIpc) is 3.62. The highest BCUT2D eigenvalue weighted by atomic mass is 16.1. The number of aromatic nitrogens is 3. The summed E-state index contributed by atoms with van der Waals surface area (Å²) in [5.74, 6) is 1.01. The van der Waals surface area contributed by atoms with Crippen LogP contribution < -0.4 is 5.32 Å². The zero-order chi connectivity index (χ0) is 24.8. The second-order valence-corrected chi connectivity index (χ2v) is 12.7. The van der Waals surface area contributed by atoms with Gasteiger partial charge in [-0.1, -0.05) is 32.1 Å². The summed E-state index contributed by atoms with van der Waals surface area (Å²) >= 11 is 0. The van der Waals surface area contributed by atoms with Crippen LogP contribution >= 0.6 is 0 Å². The molecule has 37 heavy (non-hydrogen) atoms. The van der Waals surface area contributed by atoms with E-state index >= 15 is 0 Å². The highest BCUT2D eigenvalue weighted by molar-refractivity contribution is 6.00. The predicted molar refractivity (Wildman–Crippen MR) is 147 cm³/mol. The van der Waals surface area contributed by atoms with Gasteiger partial charge in [-0.2, -0.15) is 4.98 Å². The summed E-state index contributed by atoms with van der Waals surface area (Å²) < 4.78 is 2.34. The fraction of sp³-hybridized carbons (Fsp3) is 0.767. The molecule has 7 nitrogen and oxygen atoms in total. The molecule has 5 aliphatic rings. The second-order valence-electron chi connectivity index (χ2n) is 12.7. The SMILES string of the molecule is O=C1CCC2(CCCCC2)n2c1cc1cnc(NC3CCC(N4CCN(C5CCCC5)CC4)CC3)nc12. The minimum absolute atomic E-state index is 0.0781. The van der Waals surface area contributed by atoms with Gasteiger partial charge in [-0.15, -0.1) is 0 Å². The molecule has 0 radical (unpaired) electrons. The maximum absolute atomic E-state index is 12.8. The molecule has 4 heterocycles. The number of anilines is 1. The van der Waals surface area contributed by atoms with Crippen LogP contribution in [0.3, 0.4) is 0 Å². The molecule has 0 unspecified atom stereocenters. The number of hydrogen-bond donors (Lipinski definition) is 1. The summed E-state index contributed by atoms with van der Waals surface area (Å²) in [5.41, 5.74) is 1.91. The largest absolute Gasteiger partial charge is 0.351 e. The smallest absolute Gasteiger partial charge is 0.224 e. The van der Waals surface area contributed by atoms with Crippen molar-refractivity contribution in [2.45, 2.75) is 120 Å². The van der Waals surface area contributed by atoms with E-state index < -0.39 is 0 Å². The summed E-state index contributed by atoms with van der Waals surface area (Å²) in [6, 6.07) is 4.10. The fourth-order valence-electron chi connectivity index (χ4n) is 8.52. The Morgan fingerprint density at radius 2 is 1.49 bits per heavy atom. The number of Topliss-reactive ketones (excluding diaryl/α,β-unsaturated/α-hetero) is 1. The lowest BCUT2D eigenvalue weighted by atomic mass is 9.75. The lowest BCUT2D eigenvalue weighted by molar-refractivity contribution is 0.0567. The Labute approximate surface area is 221 Å². The molecule has 0 amide bonds. The normalized spacial score (nSPS) is 29.7. The van der Waals surface area contributed by atoms with Gasteiger partial charge in [0.1, 0.15) is 5.65 Å². The third kappa shape index (κ3) is 4.50. The van der Waals surface area contributed by atoms with Gasteiger partial charge in [0.15, 0.2) is 5.78 Å². The summed E-state index contributed by atoms with van der Waals surface area (Å²) in [7, 11) is 0. The van der Waals surface area contributed by atoms with Gasteiger partial charge in [-0.3, -0.25) is 14.6 Å². The molecular weight excluding hydrogens is 460 g/mol. The number of fused-ring (bicyclic) bond motifs is 4. The number of carbonyl (C=O) groups excluding carboxylic acids is 1. The molecule has 7 heteroatoms. The van der Waals surface area contributed by atoms with Crippen molar-refractivity contribution in [1.29, 1.82) is 0 Å². The monoisotopic (exact) mass is 504 g/mol.